The molecule has 3 rings (SSSR count). The highest BCUT2D eigenvalue weighted by Gasteiger charge is 2.17. The molecule has 0 aromatic heterocycles. The number of anilines is 1. The zero-order valence-corrected chi connectivity index (χ0v) is 15.1. The van der Waals surface area contributed by atoms with E-state index in [1.165, 1.54) is 0 Å². The Labute approximate surface area is 154 Å². The highest BCUT2D eigenvalue weighted by molar-refractivity contribution is 5.94. The Hall–Kier alpha value is -2.37. The Morgan fingerprint density at radius 2 is 1.92 bits per heavy atom. The van der Waals surface area contributed by atoms with Crippen molar-refractivity contribution in [3.05, 3.63) is 54.6 Å². The number of para-hydroxylation sites is 3. The monoisotopic (exact) mass is 355 g/mol. The normalized spacial score (nSPS) is 16.4. The molecule has 1 heterocycles. The molecule has 1 atom stereocenters. The molecule has 0 N–H and O–H groups in total. The van der Waals surface area contributed by atoms with Crippen LogP contribution in [0.4, 0.5) is 5.69 Å². The predicted octanol–water partition coefficient (Wildman–Crippen LogP) is 4.03. The molecule has 1 amide bonds. The van der Waals surface area contributed by atoms with Crippen molar-refractivity contribution >= 4 is 11.6 Å². The number of hydrogen-bond acceptors (Lipinski definition) is 4. The van der Waals surface area contributed by atoms with Gasteiger partial charge in [0.05, 0.1) is 31.4 Å². The maximum absolute atomic E-state index is 12.5. The van der Waals surface area contributed by atoms with Gasteiger partial charge in [-0.15, -0.1) is 0 Å². The molecule has 0 saturated carbocycles. The minimum Gasteiger partial charge on any atom is -0.455 e. The second kappa shape index (κ2) is 9.36. The lowest BCUT2D eigenvalue weighted by Crippen LogP contribution is -2.28. The summed E-state index contributed by atoms with van der Waals surface area (Å²) >= 11 is 0. The number of rotatable bonds is 8. The van der Waals surface area contributed by atoms with Gasteiger partial charge in [0, 0.05) is 13.7 Å². The summed E-state index contributed by atoms with van der Waals surface area (Å²) in [5.74, 6) is 1.37. The Balaban J connectivity index is 1.54. The van der Waals surface area contributed by atoms with Crippen molar-refractivity contribution in [2.24, 2.45) is 0 Å². The molecule has 1 aliphatic heterocycles. The fourth-order valence-corrected chi connectivity index (χ4v) is 2.89. The lowest BCUT2D eigenvalue weighted by molar-refractivity contribution is -0.119. The predicted molar refractivity (Wildman–Crippen MR) is 101 cm³/mol. The Morgan fingerprint density at radius 1 is 1.15 bits per heavy atom. The molecule has 0 aliphatic carbocycles. The second-order valence-electron chi connectivity index (χ2n) is 6.30. The third-order valence-corrected chi connectivity index (χ3v) is 4.36. The molecule has 138 valence electrons. The molecule has 1 saturated heterocycles. The quantitative estimate of drug-likeness (QED) is 0.671. The smallest absolute Gasteiger partial charge is 0.229 e. The van der Waals surface area contributed by atoms with Crippen molar-refractivity contribution in [3.8, 4) is 11.5 Å². The van der Waals surface area contributed by atoms with Crippen LogP contribution in [0, 0.1) is 0 Å². The molecule has 1 unspecified atom stereocenters. The molecule has 1 fully saturated rings. The van der Waals surface area contributed by atoms with Crippen molar-refractivity contribution in [1.82, 2.24) is 0 Å². The molecule has 5 nitrogen and oxygen atoms in total. The Morgan fingerprint density at radius 3 is 2.69 bits per heavy atom. The number of nitrogens with zero attached hydrogens (tertiary/aromatic N) is 1. The van der Waals surface area contributed by atoms with Crippen molar-refractivity contribution < 1.29 is 19.0 Å². The van der Waals surface area contributed by atoms with Crippen LogP contribution in [-0.2, 0) is 14.3 Å². The first kappa shape index (κ1) is 18.4. The van der Waals surface area contributed by atoms with Crippen LogP contribution in [0.5, 0.6) is 11.5 Å². The molecular weight excluding hydrogens is 330 g/mol. The van der Waals surface area contributed by atoms with Crippen LogP contribution in [0.3, 0.4) is 0 Å². The van der Waals surface area contributed by atoms with E-state index in [-0.39, 0.29) is 12.0 Å². The average Bonchev–Trinajstić information content (AvgIpc) is 3.19. The van der Waals surface area contributed by atoms with Gasteiger partial charge in [-0.25, -0.2) is 0 Å². The summed E-state index contributed by atoms with van der Waals surface area (Å²) in [7, 11) is 1.76. The van der Waals surface area contributed by atoms with E-state index in [0.717, 1.165) is 30.9 Å². The van der Waals surface area contributed by atoms with Crippen LogP contribution in [-0.4, -0.2) is 38.9 Å². The van der Waals surface area contributed by atoms with Crippen LogP contribution in [0.2, 0.25) is 0 Å². The molecule has 26 heavy (non-hydrogen) atoms. The van der Waals surface area contributed by atoms with Crippen LogP contribution < -0.4 is 9.64 Å². The number of benzene rings is 2. The Bertz CT molecular complexity index is 698. The third-order valence-electron chi connectivity index (χ3n) is 4.36. The minimum atomic E-state index is -0.0125. The number of carbonyl (C=O) groups is 1. The van der Waals surface area contributed by atoms with Crippen LogP contribution in [0.15, 0.2) is 54.6 Å². The highest BCUT2D eigenvalue weighted by Crippen LogP contribution is 2.31. The van der Waals surface area contributed by atoms with Gasteiger partial charge in [0.1, 0.15) is 5.75 Å². The van der Waals surface area contributed by atoms with Gasteiger partial charge >= 0.3 is 0 Å². The van der Waals surface area contributed by atoms with E-state index in [1.807, 2.05) is 54.6 Å². The summed E-state index contributed by atoms with van der Waals surface area (Å²) < 4.78 is 17.0. The summed E-state index contributed by atoms with van der Waals surface area (Å²) in [6.45, 7) is 1.77. The SMILES string of the molecule is CN(C(=O)CCOCC1CCCO1)c1ccccc1Oc1ccccc1. The topological polar surface area (TPSA) is 48.0 Å². The third kappa shape index (κ3) is 5.07. The summed E-state index contributed by atoms with van der Waals surface area (Å²) in [4.78, 5) is 14.1. The van der Waals surface area contributed by atoms with Crippen molar-refractivity contribution in [2.75, 3.05) is 31.8 Å². The van der Waals surface area contributed by atoms with E-state index in [1.54, 1.807) is 11.9 Å². The number of carbonyl (C=O) groups excluding carboxylic acids is 1. The molecule has 0 spiro atoms. The maximum Gasteiger partial charge on any atom is 0.229 e. The first-order valence-corrected chi connectivity index (χ1v) is 9.02. The first-order valence-electron chi connectivity index (χ1n) is 9.02. The molecule has 1 aliphatic rings. The maximum atomic E-state index is 12.5. The highest BCUT2D eigenvalue weighted by atomic mass is 16.5. The van der Waals surface area contributed by atoms with Crippen molar-refractivity contribution in [3.63, 3.8) is 0 Å². The van der Waals surface area contributed by atoms with Gasteiger partial charge in [-0.05, 0) is 37.1 Å². The van der Waals surface area contributed by atoms with Gasteiger partial charge in [-0.1, -0.05) is 30.3 Å². The largest absolute Gasteiger partial charge is 0.455 e. The fourth-order valence-electron chi connectivity index (χ4n) is 2.89. The zero-order valence-electron chi connectivity index (χ0n) is 15.1. The molecule has 5 heteroatoms. The second-order valence-corrected chi connectivity index (χ2v) is 6.30. The lowest BCUT2D eigenvalue weighted by Gasteiger charge is -2.21. The van der Waals surface area contributed by atoms with Crippen LogP contribution >= 0.6 is 0 Å². The van der Waals surface area contributed by atoms with E-state index in [0.29, 0.717) is 25.4 Å². The number of ether oxygens (including phenoxy) is 3. The fraction of sp³-hybridized carbons (Fsp3) is 0.381. The van der Waals surface area contributed by atoms with E-state index in [4.69, 9.17) is 14.2 Å². The number of hydrogen-bond donors (Lipinski definition) is 0. The van der Waals surface area contributed by atoms with Crippen LogP contribution in [0.25, 0.3) is 0 Å². The summed E-state index contributed by atoms with van der Waals surface area (Å²) in [6, 6.07) is 17.1. The Kier molecular flexibility index (Phi) is 6.63. The van der Waals surface area contributed by atoms with Gasteiger partial charge in [0.25, 0.3) is 0 Å². The molecule has 2 aromatic carbocycles. The summed E-state index contributed by atoms with van der Waals surface area (Å²) in [6.07, 6.45) is 2.64. The van der Waals surface area contributed by atoms with Gasteiger partial charge in [0.2, 0.25) is 5.91 Å². The van der Waals surface area contributed by atoms with Crippen molar-refractivity contribution in [2.45, 2.75) is 25.4 Å². The average molecular weight is 355 g/mol. The van der Waals surface area contributed by atoms with Gasteiger partial charge < -0.3 is 19.1 Å². The van der Waals surface area contributed by atoms with Crippen molar-refractivity contribution in [1.29, 1.82) is 0 Å². The minimum absolute atomic E-state index is 0.0125. The first-order chi connectivity index (χ1) is 12.7. The number of amides is 1. The van der Waals surface area contributed by atoms with Gasteiger partial charge in [-0.2, -0.15) is 0 Å². The molecule has 0 bridgehead atoms. The van der Waals surface area contributed by atoms with E-state index in [2.05, 4.69) is 0 Å². The van der Waals surface area contributed by atoms with E-state index in [9.17, 15) is 4.79 Å². The van der Waals surface area contributed by atoms with E-state index < -0.39 is 0 Å². The molecule has 0 radical (unpaired) electrons. The zero-order chi connectivity index (χ0) is 18.2. The standard InChI is InChI=1S/C21H25NO4/c1-22(21(23)13-15-24-16-18-10-7-14-25-18)19-11-5-6-12-20(19)26-17-8-3-2-4-9-17/h2-6,8-9,11-12,18H,7,10,13-16H2,1H3. The van der Waals surface area contributed by atoms with Crippen LogP contribution in [0.1, 0.15) is 19.3 Å². The lowest BCUT2D eigenvalue weighted by atomic mass is 10.2. The summed E-state index contributed by atoms with van der Waals surface area (Å²) in [5, 5.41) is 0. The van der Waals surface area contributed by atoms with Gasteiger partial charge in [-0.3, -0.25) is 4.79 Å². The summed E-state index contributed by atoms with van der Waals surface area (Å²) in [5.41, 5.74) is 0.737. The van der Waals surface area contributed by atoms with Gasteiger partial charge in [0.15, 0.2) is 5.75 Å². The molecule has 2 aromatic rings. The van der Waals surface area contributed by atoms with E-state index >= 15 is 0 Å². The molecular formula is C21H25NO4.